The maximum Gasteiger partial charge on any atom is 0.305 e. The molecule has 5 heteroatoms. The Hall–Kier alpha value is -2.66. The van der Waals surface area contributed by atoms with Gasteiger partial charge in [-0.2, -0.15) is 0 Å². The molecule has 0 aliphatic carbocycles. The molecule has 24 heavy (non-hydrogen) atoms. The smallest absolute Gasteiger partial charge is 0.305 e. The topological polar surface area (TPSA) is 69.6 Å². The fourth-order valence-corrected chi connectivity index (χ4v) is 2.46. The van der Waals surface area contributed by atoms with E-state index in [1.807, 2.05) is 43.4 Å². The normalized spacial score (nSPS) is 10.6. The van der Waals surface area contributed by atoms with Gasteiger partial charge < -0.3 is 10.4 Å². The molecular formula is C19H22N2O3. The minimum Gasteiger partial charge on any atom is -0.481 e. The maximum atomic E-state index is 12.0. The van der Waals surface area contributed by atoms with Crippen LogP contribution in [0.25, 0.3) is 0 Å². The van der Waals surface area contributed by atoms with Crippen LogP contribution in [-0.2, 0) is 17.9 Å². The van der Waals surface area contributed by atoms with Crippen molar-refractivity contribution < 1.29 is 14.7 Å². The highest BCUT2D eigenvalue weighted by molar-refractivity contribution is 5.94. The zero-order valence-electron chi connectivity index (χ0n) is 13.7. The molecule has 0 heterocycles. The molecular weight excluding hydrogens is 304 g/mol. The van der Waals surface area contributed by atoms with Crippen molar-refractivity contribution in [2.75, 3.05) is 13.6 Å². The zero-order chi connectivity index (χ0) is 17.4. The summed E-state index contributed by atoms with van der Waals surface area (Å²) in [6, 6.07) is 17.6. The highest BCUT2D eigenvalue weighted by Gasteiger charge is 2.08. The summed E-state index contributed by atoms with van der Waals surface area (Å²) in [7, 11) is 2.03. The van der Waals surface area contributed by atoms with Crippen molar-refractivity contribution in [1.29, 1.82) is 0 Å². The van der Waals surface area contributed by atoms with E-state index in [1.54, 1.807) is 6.07 Å². The van der Waals surface area contributed by atoms with Gasteiger partial charge in [-0.1, -0.05) is 42.5 Å². The van der Waals surface area contributed by atoms with E-state index >= 15 is 0 Å². The molecule has 0 fully saturated rings. The number of carboxylic acid groups (broad SMARTS) is 1. The second kappa shape index (κ2) is 8.84. The van der Waals surface area contributed by atoms with E-state index in [2.05, 4.69) is 22.3 Å². The third kappa shape index (κ3) is 5.85. The summed E-state index contributed by atoms with van der Waals surface area (Å²) in [4.78, 5) is 24.7. The van der Waals surface area contributed by atoms with Crippen LogP contribution < -0.4 is 5.32 Å². The van der Waals surface area contributed by atoms with E-state index in [4.69, 9.17) is 5.11 Å². The predicted molar refractivity (Wildman–Crippen MR) is 92.6 cm³/mol. The number of hydrogen-bond acceptors (Lipinski definition) is 3. The van der Waals surface area contributed by atoms with Crippen LogP contribution in [-0.4, -0.2) is 35.5 Å². The van der Waals surface area contributed by atoms with Gasteiger partial charge in [-0.05, 0) is 30.3 Å². The molecule has 5 nitrogen and oxygen atoms in total. The first-order valence-electron chi connectivity index (χ1n) is 7.86. The molecule has 126 valence electrons. The van der Waals surface area contributed by atoms with Gasteiger partial charge in [0.2, 0.25) is 0 Å². The molecule has 0 saturated carbocycles. The molecule has 0 atom stereocenters. The van der Waals surface area contributed by atoms with Crippen molar-refractivity contribution >= 4 is 11.9 Å². The Morgan fingerprint density at radius 2 is 1.67 bits per heavy atom. The largest absolute Gasteiger partial charge is 0.481 e. The lowest BCUT2D eigenvalue weighted by molar-refractivity contribution is -0.136. The summed E-state index contributed by atoms with van der Waals surface area (Å²) >= 11 is 0. The highest BCUT2D eigenvalue weighted by Crippen LogP contribution is 2.10. The Balaban J connectivity index is 1.92. The number of carboxylic acids is 1. The van der Waals surface area contributed by atoms with Crippen molar-refractivity contribution in [3.8, 4) is 0 Å². The molecule has 0 radical (unpaired) electrons. The van der Waals surface area contributed by atoms with Crippen LogP contribution in [0.4, 0.5) is 0 Å². The number of benzene rings is 2. The molecule has 0 aliphatic rings. The summed E-state index contributed by atoms with van der Waals surface area (Å²) in [5.41, 5.74) is 2.83. The monoisotopic (exact) mass is 326 g/mol. The number of nitrogens with zero attached hydrogens (tertiary/aromatic N) is 1. The third-order valence-electron chi connectivity index (χ3n) is 3.56. The van der Waals surface area contributed by atoms with Gasteiger partial charge in [0, 0.05) is 25.2 Å². The van der Waals surface area contributed by atoms with Crippen LogP contribution in [0.5, 0.6) is 0 Å². The summed E-state index contributed by atoms with van der Waals surface area (Å²) in [5.74, 6) is -1.17. The Morgan fingerprint density at radius 3 is 2.38 bits per heavy atom. The van der Waals surface area contributed by atoms with Gasteiger partial charge in [0.05, 0.1) is 6.42 Å². The number of carbonyl (C=O) groups excluding carboxylic acids is 1. The van der Waals surface area contributed by atoms with Crippen LogP contribution in [0, 0.1) is 0 Å². The summed E-state index contributed by atoms with van der Waals surface area (Å²) in [6.07, 6.45) is -0.0781. The fourth-order valence-electron chi connectivity index (χ4n) is 2.46. The predicted octanol–water partition coefficient (Wildman–Crippen LogP) is 2.52. The highest BCUT2D eigenvalue weighted by atomic mass is 16.4. The molecule has 1 amide bonds. The summed E-state index contributed by atoms with van der Waals surface area (Å²) < 4.78 is 0. The lowest BCUT2D eigenvalue weighted by Gasteiger charge is -2.17. The van der Waals surface area contributed by atoms with Gasteiger partial charge in [0.1, 0.15) is 0 Å². The second-order valence-electron chi connectivity index (χ2n) is 5.76. The Labute approximate surface area is 141 Å². The molecule has 0 bridgehead atoms. The van der Waals surface area contributed by atoms with Gasteiger partial charge in [-0.15, -0.1) is 0 Å². The number of rotatable bonds is 8. The summed E-state index contributed by atoms with van der Waals surface area (Å²) in [5, 5.41) is 11.2. The zero-order valence-corrected chi connectivity index (χ0v) is 13.7. The first-order chi connectivity index (χ1) is 11.5. The minimum atomic E-state index is -0.924. The van der Waals surface area contributed by atoms with Crippen molar-refractivity contribution in [3.05, 3.63) is 71.3 Å². The van der Waals surface area contributed by atoms with Crippen LogP contribution in [0.15, 0.2) is 54.6 Å². The number of amides is 1. The van der Waals surface area contributed by atoms with Gasteiger partial charge in [-0.25, -0.2) is 0 Å². The number of carbonyl (C=O) groups is 2. The molecule has 2 rings (SSSR count). The van der Waals surface area contributed by atoms with Crippen molar-refractivity contribution in [3.63, 3.8) is 0 Å². The van der Waals surface area contributed by atoms with Gasteiger partial charge in [0.25, 0.3) is 5.91 Å². The Morgan fingerprint density at radius 1 is 1.00 bits per heavy atom. The molecule has 0 saturated heterocycles. The molecule has 2 N–H and O–H groups in total. The number of nitrogens with one attached hydrogen (secondary N) is 1. The van der Waals surface area contributed by atoms with Crippen LogP contribution in [0.3, 0.4) is 0 Å². The molecule has 0 unspecified atom stereocenters. The Kier molecular flexibility index (Phi) is 6.51. The molecule has 2 aromatic carbocycles. The van der Waals surface area contributed by atoms with Crippen LogP contribution >= 0.6 is 0 Å². The SMILES string of the molecule is CN(Cc1ccccc1)Cc1cccc(C(=O)NCCC(=O)O)c1. The lowest BCUT2D eigenvalue weighted by atomic mass is 10.1. The number of aliphatic carboxylic acids is 1. The van der Waals surface area contributed by atoms with Crippen molar-refractivity contribution in [1.82, 2.24) is 10.2 Å². The standard InChI is InChI=1S/C19H22N2O3/c1-21(13-15-6-3-2-4-7-15)14-16-8-5-9-17(12-16)19(24)20-11-10-18(22)23/h2-9,12H,10-11,13-14H2,1H3,(H,20,24)(H,22,23). The quantitative estimate of drug-likeness (QED) is 0.782. The average molecular weight is 326 g/mol. The molecule has 0 aromatic heterocycles. The second-order valence-corrected chi connectivity index (χ2v) is 5.76. The van der Waals surface area contributed by atoms with Gasteiger partial charge in [-0.3, -0.25) is 14.5 Å². The van der Waals surface area contributed by atoms with Gasteiger partial charge in [0.15, 0.2) is 0 Å². The molecule has 0 spiro atoms. The molecule has 2 aromatic rings. The van der Waals surface area contributed by atoms with E-state index in [9.17, 15) is 9.59 Å². The van der Waals surface area contributed by atoms with Gasteiger partial charge >= 0.3 is 5.97 Å². The lowest BCUT2D eigenvalue weighted by Crippen LogP contribution is -2.26. The number of hydrogen-bond donors (Lipinski definition) is 2. The van der Waals surface area contributed by atoms with Crippen LogP contribution in [0.1, 0.15) is 27.9 Å². The first kappa shape index (κ1) is 17.7. The minimum absolute atomic E-state index is 0.0781. The first-order valence-corrected chi connectivity index (χ1v) is 7.86. The summed E-state index contributed by atoms with van der Waals surface area (Å²) in [6.45, 7) is 1.69. The van der Waals surface area contributed by atoms with E-state index in [-0.39, 0.29) is 18.9 Å². The maximum absolute atomic E-state index is 12.0. The van der Waals surface area contributed by atoms with Crippen molar-refractivity contribution in [2.24, 2.45) is 0 Å². The average Bonchev–Trinajstić information content (AvgIpc) is 2.55. The van der Waals surface area contributed by atoms with E-state index in [0.717, 1.165) is 18.7 Å². The third-order valence-corrected chi connectivity index (χ3v) is 3.56. The fraction of sp³-hybridized carbons (Fsp3) is 0.263. The Bertz CT molecular complexity index is 686. The van der Waals surface area contributed by atoms with E-state index in [1.165, 1.54) is 5.56 Å². The van der Waals surface area contributed by atoms with E-state index < -0.39 is 5.97 Å². The van der Waals surface area contributed by atoms with Crippen LogP contribution in [0.2, 0.25) is 0 Å². The van der Waals surface area contributed by atoms with Crippen molar-refractivity contribution in [2.45, 2.75) is 19.5 Å². The molecule has 0 aliphatic heterocycles. The van der Waals surface area contributed by atoms with E-state index in [0.29, 0.717) is 5.56 Å².